The summed E-state index contributed by atoms with van der Waals surface area (Å²) in [5, 5.41) is 0. The van der Waals surface area contributed by atoms with E-state index in [2.05, 4.69) is 77.6 Å². The number of hydrogen-bond acceptors (Lipinski definition) is 0. The van der Waals surface area contributed by atoms with E-state index in [1.54, 1.807) is 5.57 Å². The van der Waals surface area contributed by atoms with Gasteiger partial charge >= 0.3 is 0 Å². The van der Waals surface area contributed by atoms with E-state index < -0.39 is 0 Å². The normalized spacial score (nSPS) is 22.5. The van der Waals surface area contributed by atoms with Gasteiger partial charge < -0.3 is 0 Å². The molecule has 2 rings (SSSR count). The molecule has 1 aromatic carbocycles. The topological polar surface area (TPSA) is 0 Å². The fourth-order valence-corrected chi connectivity index (χ4v) is 3.75. The molecule has 118 valence electrons. The van der Waals surface area contributed by atoms with Gasteiger partial charge in [-0.2, -0.15) is 0 Å². The number of rotatable bonds is 4. The predicted molar refractivity (Wildman–Crippen MR) is 99.7 cm³/mol. The molecule has 0 heterocycles. The van der Waals surface area contributed by atoms with Crippen LogP contribution >= 0.6 is 0 Å². The Morgan fingerprint density at radius 3 is 2.36 bits per heavy atom. The molecule has 0 saturated carbocycles. The predicted octanol–water partition coefficient (Wildman–Crippen LogP) is 6.90. The highest BCUT2D eigenvalue weighted by Gasteiger charge is 2.35. The Kier molecular flexibility index (Phi) is 5.11. The minimum Gasteiger partial charge on any atom is -0.0955 e. The molecule has 1 unspecified atom stereocenters. The molecule has 0 nitrogen and oxygen atoms in total. The van der Waals surface area contributed by atoms with Gasteiger partial charge in [0, 0.05) is 5.41 Å². The van der Waals surface area contributed by atoms with Gasteiger partial charge in [0.2, 0.25) is 0 Å². The molecule has 0 amide bonds. The minimum atomic E-state index is 0.125. The minimum absolute atomic E-state index is 0.125. The van der Waals surface area contributed by atoms with Crippen LogP contribution < -0.4 is 0 Å². The maximum atomic E-state index is 4.03. The molecule has 1 aliphatic carbocycles. The summed E-state index contributed by atoms with van der Waals surface area (Å²) >= 11 is 0. The highest BCUT2D eigenvalue weighted by atomic mass is 14.4. The van der Waals surface area contributed by atoms with Crippen LogP contribution in [0.5, 0.6) is 0 Å². The van der Waals surface area contributed by atoms with Gasteiger partial charge in [0.1, 0.15) is 0 Å². The summed E-state index contributed by atoms with van der Waals surface area (Å²) in [5.74, 6) is 0.702. The smallest absolute Gasteiger partial charge is 0.0111 e. The van der Waals surface area contributed by atoms with E-state index in [1.165, 1.54) is 29.5 Å². The van der Waals surface area contributed by atoms with Crippen LogP contribution in [0, 0.1) is 11.3 Å². The Bertz CT molecular complexity index is 593. The number of hydrogen-bond donors (Lipinski definition) is 0. The van der Waals surface area contributed by atoms with Crippen LogP contribution in [-0.2, 0) is 0 Å². The maximum absolute atomic E-state index is 4.03. The third-order valence-electron chi connectivity index (χ3n) is 5.05. The Hall–Kier alpha value is -1.56. The molecule has 0 bridgehead atoms. The van der Waals surface area contributed by atoms with Crippen molar-refractivity contribution in [2.24, 2.45) is 11.3 Å². The fourth-order valence-electron chi connectivity index (χ4n) is 3.75. The van der Waals surface area contributed by atoms with Crippen molar-refractivity contribution in [2.75, 3.05) is 0 Å². The van der Waals surface area contributed by atoms with E-state index in [1.807, 2.05) is 0 Å². The van der Waals surface area contributed by atoms with Crippen molar-refractivity contribution < 1.29 is 0 Å². The van der Waals surface area contributed by atoms with Gasteiger partial charge in [-0.05, 0) is 48.8 Å². The van der Waals surface area contributed by atoms with E-state index in [0.29, 0.717) is 5.92 Å². The first-order valence-electron chi connectivity index (χ1n) is 8.59. The third kappa shape index (κ3) is 3.11. The van der Waals surface area contributed by atoms with Crippen molar-refractivity contribution in [3.63, 3.8) is 0 Å². The van der Waals surface area contributed by atoms with E-state index in [0.717, 1.165) is 12.0 Å². The molecule has 0 fully saturated rings. The first kappa shape index (κ1) is 16.8. The summed E-state index contributed by atoms with van der Waals surface area (Å²) < 4.78 is 0. The summed E-state index contributed by atoms with van der Waals surface area (Å²) in [5.41, 5.74) is 6.94. The molecule has 0 spiro atoms. The molecule has 22 heavy (non-hydrogen) atoms. The lowest BCUT2D eigenvalue weighted by Crippen LogP contribution is -2.26. The highest BCUT2D eigenvalue weighted by molar-refractivity contribution is 5.75. The lowest BCUT2D eigenvalue weighted by molar-refractivity contribution is 0.446. The van der Waals surface area contributed by atoms with Crippen LogP contribution in [0.2, 0.25) is 0 Å². The summed E-state index contributed by atoms with van der Waals surface area (Å²) in [6.07, 6.45) is 8.45. The molecule has 1 atom stereocenters. The standard InChI is InChI=1S/C22H30/c1-7-9-20-17(8-2)14-15-21(22(20,5)6)19-12-10-18(11-13-19)16(3)4/h9-13,15,17H,3,7-8,14H2,1-2,4-6H3/b20-9+. The van der Waals surface area contributed by atoms with E-state index in [-0.39, 0.29) is 5.41 Å². The molecule has 0 saturated heterocycles. The number of benzene rings is 1. The molecule has 0 N–H and O–H groups in total. The molecular formula is C22H30. The average molecular weight is 294 g/mol. The van der Waals surface area contributed by atoms with Crippen LogP contribution in [-0.4, -0.2) is 0 Å². The SMILES string of the molecule is C=C(C)c1ccc(C2=CCC(CC)/C(=C\CC)C2(C)C)cc1. The van der Waals surface area contributed by atoms with Crippen LogP contribution in [0.4, 0.5) is 0 Å². The van der Waals surface area contributed by atoms with Crippen molar-refractivity contribution in [2.45, 2.75) is 53.9 Å². The summed E-state index contributed by atoms with van der Waals surface area (Å²) in [7, 11) is 0. The van der Waals surface area contributed by atoms with Gasteiger partial charge in [-0.3, -0.25) is 0 Å². The monoisotopic (exact) mass is 294 g/mol. The first-order chi connectivity index (χ1) is 10.4. The van der Waals surface area contributed by atoms with Crippen LogP contribution in [0.3, 0.4) is 0 Å². The quantitative estimate of drug-likeness (QED) is 0.530. The molecule has 1 aromatic rings. The molecule has 0 aromatic heterocycles. The van der Waals surface area contributed by atoms with Gasteiger partial charge in [0.25, 0.3) is 0 Å². The van der Waals surface area contributed by atoms with Gasteiger partial charge in [-0.15, -0.1) is 0 Å². The molecule has 0 radical (unpaired) electrons. The zero-order valence-electron chi connectivity index (χ0n) is 14.9. The Morgan fingerprint density at radius 2 is 1.86 bits per heavy atom. The van der Waals surface area contributed by atoms with E-state index in [9.17, 15) is 0 Å². The van der Waals surface area contributed by atoms with Crippen LogP contribution in [0.25, 0.3) is 11.1 Å². The molecule has 0 aliphatic heterocycles. The van der Waals surface area contributed by atoms with Crippen molar-refractivity contribution in [1.29, 1.82) is 0 Å². The largest absolute Gasteiger partial charge is 0.0955 e. The zero-order valence-corrected chi connectivity index (χ0v) is 14.9. The van der Waals surface area contributed by atoms with Crippen molar-refractivity contribution in [3.8, 4) is 0 Å². The zero-order chi connectivity index (χ0) is 16.3. The summed E-state index contributed by atoms with van der Waals surface area (Å²) in [6.45, 7) is 15.4. The Balaban J connectivity index is 2.44. The van der Waals surface area contributed by atoms with Crippen LogP contribution in [0.15, 0.2) is 48.6 Å². The van der Waals surface area contributed by atoms with E-state index >= 15 is 0 Å². The average Bonchev–Trinajstić information content (AvgIpc) is 2.49. The molecule has 0 heteroatoms. The fraction of sp³-hybridized carbons (Fsp3) is 0.455. The number of allylic oxidation sites excluding steroid dienone is 5. The van der Waals surface area contributed by atoms with Crippen molar-refractivity contribution in [3.05, 3.63) is 59.7 Å². The van der Waals surface area contributed by atoms with Gasteiger partial charge in [-0.1, -0.05) is 81.8 Å². The second kappa shape index (κ2) is 6.69. The molecule has 1 aliphatic rings. The second-order valence-electron chi connectivity index (χ2n) is 7.01. The summed E-state index contributed by atoms with van der Waals surface area (Å²) in [6, 6.07) is 8.91. The Labute approximate surface area is 136 Å². The lowest BCUT2D eigenvalue weighted by Gasteiger charge is -2.40. The van der Waals surface area contributed by atoms with Crippen molar-refractivity contribution >= 4 is 11.1 Å². The highest BCUT2D eigenvalue weighted by Crippen LogP contribution is 2.49. The maximum Gasteiger partial charge on any atom is 0.0111 e. The van der Waals surface area contributed by atoms with Gasteiger partial charge in [-0.25, -0.2) is 0 Å². The second-order valence-corrected chi connectivity index (χ2v) is 7.01. The third-order valence-corrected chi connectivity index (χ3v) is 5.05. The molecular weight excluding hydrogens is 264 g/mol. The Morgan fingerprint density at radius 1 is 1.23 bits per heavy atom. The summed E-state index contributed by atoms with van der Waals surface area (Å²) in [4.78, 5) is 0. The van der Waals surface area contributed by atoms with Crippen LogP contribution in [0.1, 0.15) is 65.0 Å². The lowest BCUT2D eigenvalue weighted by atomic mass is 9.64. The van der Waals surface area contributed by atoms with Gasteiger partial charge in [0.15, 0.2) is 0 Å². The first-order valence-corrected chi connectivity index (χ1v) is 8.59. The van der Waals surface area contributed by atoms with Crippen molar-refractivity contribution in [1.82, 2.24) is 0 Å². The van der Waals surface area contributed by atoms with E-state index in [4.69, 9.17) is 0 Å². The van der Waals surface area contributed by atoms with Gasteiger partial charge in [0.05, 0.1) is 0 Å².